The molecule has 2 heterocycles. The highest BCUT2D eigenvalue weighted by Gasteiger charge is 2.20. The lowest BCUT2D eigenvalue weighted by molar-refractivity contribution is -0.123. The lowest BCUT2D eigenvalue weighted by Crippen LogP contribution is -2.34. The van der Waals surface area contributed by atoms with Gasteiger partial charge in [-0.05, 0) is 36.8 Å². The molecule has 27 heavy (non-hydrogen) atoms. The minimum atomic E-state index is -0.405. The molecule has 0 aliphatic carbocycles. The number of carbonyl (C=O) groups excluding carboxylic acids is 2. The van der Waals surface area contributed by atoms with Gasteiger partial charge in [-0.3, -0.25) is 14.0 Å². The average molecular weight is 430 g/mol. The van der Waals surface area contributed by atoms with E-state index in [1.165, 1.54) is 6.92 Å². The van der Waals surface area contributed by atoms with Crippen molar-refractivity contribution in [3.8, 4) is 0 Å². The van der Waals surface area contributed by atoms with E-state index in [0.717, 1.165) is 15.7 Å². The quantitative estimate of drug-likeness (QED) is 0.630. The molecule has 0 bridgehead atoms. The predicted octanol–water partition coefficient (Wildman–Crippen LogP) is 2.94. The van der Waals surface area contributed by atoms with Crippen LogP contribution in [-0.2, 0) is 9.59 Å². The fourth-order valence-electron chi connectivity index (χ4n) is 2.90. The van der Waals surface area contributed by atoms with Crippen molar-refractivity contribution in [1.82, 2.24) is 25.2 Å². The molecule has 0 saturated heterocycles. The number of nitrogens with zero attached hydrogens (tertiary/aromatic N) is 3. The lowest BCUT2D eigenvalue weighted by atomic mass is 10.0. The van der Waals surface area contributed by atoms with E-state index >= 15 is 0 Å². The third-order valence-corrected chi connectivity index (χ3v) is 4.67. The van der Waals surface area contributed by atoms with Gasteiger partial charge in [0.25, 0.3) is 0 Å². The van der Waals surface area contributed by atoms with Gasteiger partial charge >= 0.3 is 0 Å². The zero-order chi connectivity index (χ0) is 19.4. The van der Waals surface area contributed by atoms with Gasteiger partial charge in [-0.2, -0.15) is 0 Å². The Morgan fingerprint density at radius 3 is 2.56 bits per heavy atom. The molecular weight excluding hydrogens is 410 g/mol. The minimum Gasteiger partial charge on any atom is -0.349 e. The number of pyridine rings is 1. The smallest absolute Gasteiger partial charge is 0.222 e. The largest absolute Gasteiger partial charge is 0.349 e. The SMILES string of the molecule is CC(=O)NC(CC(=O)NC(C)c1nnc2ccccn12)c1ccc(Br)cc1. The molecule has 0 aliphatic rings. The second-order valence-corrected chi connectivity index (χ2v) is 7.20. The second kappa shape index (κ2) is 8.30. The Bertz CT molecular complexity index is 954. The maximum absolute atomic E-state index is 12.6. The first-order valence-electron chi connectivity index (χ1n) is 8.55. The van der Waals surface area contributed by atoms with Crippen molar-refractivity contribution in [1.29, 1.82) is 0 Å². The summed E-state index contributed by atoms with van der Waals surface area (Å²) in [4.78, 5) is 24.1. The van der Waals surface area contributed by atoms with Crippen LogP contribution in [0.4, 0.5) is 0 Å². The van der Waals surface area contributed by atoms with Crippen LogP contribution in [0.15, 0.2) is 53.1 Å². The number of hydrogen-bond acceptors (Lipinski definition) is 4. The third-order valence-electron chi connectivity index (χ3n) is 4.14. The standard InChI is InChI=1S/C19H20BrN5O2/c1-12(19-24-23-17-5-3-4-10-25(17)19)21-18(27)11-16(22-13(2)26)14-6-8-15(20)9-7-14/h3-10,12,16H,11H2,1-2H3,(H,21,27)(H,22,26). The van der Waals surface area contributed by atoms with Gasteiger partial charge in [0, 0.05) is 17.6 Å². The van der Waals surface area contributed by atoms with Gasteiger partial charge in [-0.15, -0.1) is 10.2 Å². The van der Waals surface area contributed by atoms with Gasteiger partial charge in [0.15, 0.2) is 11.5 Å². The molecule has 2 unspecified atom stereocenters. The molecule has 0 spiro atoms. The van der Waals surface area contributed by atoms with Crippen molar-refractivity contribution >= 4 is 33.4 Å². The van der Waals surface area contributed by atoms with E-state index in [0.29, 0.717) is 5.82 Å². The maximum Gasteiger partial charge on any atom is 0.222 e. The van der Waals surface area contributed by atoms with Gasteiger partial charge in [-0.25, -0.2) is 0 Å². The van der Waals surface area contributed by atoms with Crippen molar-refractivity contribution in [2.24, 2.45) is 0 Å². The number of nitrogens with one attached hydrogen (secondary N) is 2. The monoisotopic (exact) mass is 429 g/mol. The van der Waals surface area contributed by atoms with E-state index in [1.807, 2.05) is 60.0 Å². The first kappa shape index (κ1) is 19.0. The fourth-order valence-corrected chi connectivity index (χ4v) is 3.16. The predicted molar refractivity (Wildman–Crippen MR) is 105 cm³/mol. The summed E-state index contributed by atoms with van der Waals surface area (Å²) in [6, 6.07) is 12.4. The van der Waals surface area contributed by atoms with Crippen molar-refractivity contribution in [3.05, 3.63) is 64.5 Å². The molecule has 2 aromatic heterocycles. The number of hydrogen-bond donors (Lipinski definition) is 2. The fraction of sp³-hybridized carbons (Fsp3) is 0.263. The van der Waals surface area contributed by atoms with Crippen molar-refractivity contribution < 1.29 is 9.59 Å². The van der Waals surface area contributed by atoms with Crippen LogP contribution in [-0.4, -0.2) is 26.4 Å². The Morgan fingerprint density at radius 1 is 1.11 bits per heavy atom. The number of carbonyl (C=O) groups is 2. The zero-order valence-corrected chi connectivity index (χ0v) is 16.6. The summed E-state index contributed by atoms with van der Waals surface area (Å²) in [6.45, 7) is 3.29. The van der Waals surface area contributed by atoms with Crippen LogP contribution in [0.5, 0.6) is 0 Å². The van der Waals surface area contributed by atoms with E-state index in [-0.39, 0.29) is 24.3 Å². The maximum atomic E-state index is 12.6. The zero-order valence-electron chi connectivity index (χ0n) is 15.0. The normalized spacial score (nSPS) is 13.1. The molecule has 2 amide bonds. The van der Waals surface area contributed by atoms with Crippen LogP contribution >= 0.6 is 15.9 Å². The highest BCUT2D eigenvalue weighted by Crippen LogP contribution is 2.20. The van der Waals surface area contributed by atoms with E-state index in [9.17, 15) is 9.59 Å². The second-order valence-electron chi connectivity index (χ2n) is 6.29. The van der Waals surface area contributed by atoms with Crippen LogP contribution < -0.4 is 10.6 Å². The van der Waals surface area contributed by atoms with Gasteiger partial charge in [0.2, 0.25) is 11.8 Å². The van der Waals surface area contributed by atoms with Gasteiger partial charge in [0.05, 0.1) is 18.5 Å². The van der Waals surface area contributed by atoms with Crippen molar-refractivity contribution in [2.75, 3.05) is 0 Å². The first-order valence-corrected chi connectivity index (χ1v) is 9.35. The molecule has 140 valence electrons. The van der Waals surface area contributed by atoms with Gasteiger partial charge in [0.1, 0.15) is 0 Å². The number of halogens is 1. The summed E-state index contributed by atoms with van der Waals surface area (Å²) in [5.74, 6) is 0.280. The molecule has 2 atom stereocenters. The highest BCUT2D eigenvalue weighted by molar-refractivity contribution is 9.10. The number of rotatable bonds is 6. The minimum absolute atomic E-state index is 0.127. The molecule has 1 aromatic carbocycles. The van der Waals surface area contributed by atoms with E-state index in [4.69, 9.17) is 0 Å². The molecule has 7 nitrogen and oxygen atoms in total. The van der Waals surface area contributed by atoms with Gasteiger partial charge in [-0.1, -0.05) is 34.1 Å². The lowest BCUT2D eigenvalue weighted by Gasteiger charge is -2.20. The molecule has 3 aromatic rings. The Morgan fingerprint density at radius 2 is 1.85 bits per heavy atom. The van der Waals surface area contributed by atoms with Crippen LogP contribution in [0.1, 0.15) is 43.7 Å². The third kappa shape index (κ3) is 4.71. The molecule has 8 heteroatoms. The van der Waals surface area contributed by atoms with E-state index in [1.54, 1.807) is 0 Å². The summed E-state index contributed by atoms with van der Waals surface area (Å²) >= 11 is 3.39. The van der Waals surface area contributed by atoms with Crippen LogP contribution in [0.3, 0.4) is 0 Å². The summed E-state index contributed by atoms with van der Waals surface area (Å²) in [5.41, 5.74) is 1.59. The summed E-state index contributed by atoms with van der Waals surface area (Å²) in [7, 11) is 0. The molecule has 0 saturated carbocycles. The number of aromatic nitrogens is 3. The Kier molecular flexibility index (Phi) is 5.85. The van der Waals surface area contributed by atoms with Crippen LogP contribution in [0.2, 0.25) is 0 Å². The van der Waals surface area contributed by atoms with Crippen LogP contribution in [0, 0.1) is 0 Å². The Hall–Kier alpha value is -2.74. The molecule has 0 radical (unpaired) electrons. The number of fused-ring (bicyclic) bond motifs is 1. The highest BCUT2D eigenvalue weighted by atomic mass is 79.9. The summed E-state index contributed by atoms with van der Waals surface area (Å²) < 4.78 is 2.77. The van der Waals surface area contributed by atoms with Crippen molar-refractivity contribution in [3.63, 3.8) is 0 Å². The van der Waals surface area contributed by atoms with Gasteiger partial charge < -0.3 is 10.6 Å². The molecule has 0 aliphatic heterocycles. The Labute approximate surface area is 165 Å². The number of amides is 2. The topological polar surface area (TPSA) is 88.4 Å². The Balaban J connectivity index is 1.71. The first-order chi connectivity index (χ1) is 12.9. The number of benzene rings is 1. The average Bonchev–Trinajstić information content (AvgIpc) is 3.05. The molecular formula is C19H20BrN5O2. The summed E-state index contributed by atoms with van der Waals surface area (Å²) in [5, 5.41) is 14.0. The molecule has 2 N–H and O–H groups in total. The molecule has 0 fully saturated rings. The van der Waals surface area contributed by atoms with Crippen LogP contribution in [0.25, 0.3) is 5.65 Å². The summed E-state index contributed by atoms with van der Waals surface area (Å²) in [6.07, 6.45) is 1.98. The van der Waals surface area contributed by atoms with E-state index < -0.39 is 6.04 Å². The van der Waals surface area contributed by atoms with E-state index in [2.05, 4.69) is 36.8 Å². The van der Waals surface area contributed by atoms with Crippen molar-refractivity contribution in [2.45, 2.75) is 32.4 Å². The molecule has 3 rings (SSSR count).